The molecule has 216 valence electrons. The van der Waals surface area contributed by atoms with Crippen LogP contribution in [0.3, 0.4) is 0 Å². The number of carbonyl (C=O) groups excluding carboxylic acids is 2. The fraction of sp³-hybridized carbons (Fsp3) is 0.462. The summed E-state index contributed by atoms with van der Waals surface area (Å²) in [4.78, 5) is 26.2. The maximum absolute atomic E-state index is 13.1. The van der Waals surface area contributed by atoms with Gasteiger partial charge in [-0.1, -0.05) is 24.3 Å². The molecule has 3 aliphatic rings. The Morgan fingerprint density at radius 2 is 1.48 bits per heavy atom. The third-order valence-corrected chi connectivity index (χ3v) is 7.20. The predicted molar refractivity (Wildman–Crippen MR) is 128 cm³/mol. The van der Waals surface area contributed by atoms with Crippen LogP contribution in [0.2, 0.25) is 0 Å². The molecule has 0 radical (unpaired) electrons. The van der Waals surface area contributed by atoms with E-state index in [1.807, 2.05) is 0 Å². The number of hydrogen-bond acceptors (Lipinski definition) is 14. The van der Waals surface area contributed by atoms with Crippen LogP contribution in [0.15, 0.2) is 30.3 Å². The summed E-state index contributed by atoms with van der Waals surface area (Å²) in [5.41, 5.74) is -0.673. The van der Waals surface area contributed by atoms with Crippen LogP contribution < -0.4 is 4.74 Å². The van der Waals surface area contributed by atoms with E-state index < -0.39 is 85.8 Å². The largest absolute Gasteiger partial charge is 0.507 e. The number of benzene rings is 2. The number of carbonyl (C=O) groups is 2. The summed E-state index contributed by atoms with van der Waals surface area (Å²) in [6, 6.07) is 7.11. The molecule has 8 N–H and O–H groups in total. The quantitative estimate of drug-likeness (QED) is 0.152. The van der Waals surface area contributed by atoms with E-state index in [1.54, 1.807) is 12.1 Å². The Morgan fingerprint density at radius 1 is 0.825 bits per heavy atom. The number of ether oxygens (including phenoxy) is 4. The molecule has 1 aliphatic carbocycles. The van der Waals surface area contributed by atoms with Crippen molar-refractivity contribution in [2.45, 2.75) is 61.9 Å². The third kappa shape index (κ3) is 4.77. The first-order valence-corrected chi connectivity index (χ1v) is 12.4. The van der Waals surface area contributed by atoms with Gasteiger partial charge in [0.05, 0.1) is 30.9 Å². The van der Waals surface area contributed by atoms with Gasteiger partial charge in [0.2, 0.25) is 6.29 Å². The molecular weight excluding hydrogens is 536 g/mol. The molecule has 0 aromatic heterocycles. The molecular formula is C26H28O14. The van der Waals surface area contributed by atoms with Gasteiger partial charge in [0.15, 0.2) is 17.9 Å². The summed E-state index contributed by atoms with van der Waals surface area (Å²) in [6.45, 7) is -1.73. The van der Waals surface area contributed by atoms with E-state index in [1.165, 1.54) is 12.1 Å². The maximum Gasteiger partial charge on any atom is 0.229 e. The minimum Gasteiger partial charge on any atom is -0.507 e. The average molecular weight is 564 g/mol. The number of aromatic hydroxyl groups is 1. The lowest BCUT2D eigenvalue weighted by atomic mass is 9.82. The second-order valence-electron chi connectivity index (χ2n) is 9.70. The summed E-state index contributed by atoms with van der Waals surface area (Å²) < 4.78 is 21.7. The van der Waals surface area contributed by atoms with Crippen molar-refractivity contribution >= 4 is 11.6 Å². The lowest BCUT2D eigenvalue weighted by Crippen LogP contribution is -2.61. The first-order chi connectivity index (χ1) is 19.0. The topological polar surface area (TPSA) is 233 Å². The fourth-order valence-electron chi connectivity index (χ4n) is 4.90. The van der Waals surface area contributed by atoms with Crippen molar-refractivity contribution < 1.29 is 69.4 Å². The van der Waals surface area contributed by atoms with Gasteiger partial charge in [0.1, 0.15) is 54.2 Å². The van der Waals surface area contributed by atoms with Crippen LogP contribution in [-0.4, -0.2) is 121 Å². The Morgan fingerprint density at radius 3 is 2.15 bits per heavy atom. The van der Waals surface area contributed by atoms with Crippen LogP contribution >= 0.6 is 0 Å². The van der Waals surface area contributed by atoms with Gasteiger partial charge in [-0.2, -0.15) is 0 Å². The van der Waals surface area contributed by atoms with Crippen LogP contribution in [0.25, 0.3) is 0 Å². The summed E-state index contributed by atoms with van der Waals surface area (Å²) in [7, 11) is 0. The van der Waals surface area contributed by atoms with Gasteiger partial charge < -0.3 is 59.8 Å². The summed E-state index contributed by atoms with van der Waals surface area (Å²) >= 11 is 0. The van der Waals surface area contributed by atoms with Crippen LogP contribution in [0.1, 0.15) is 37.4 Å². The van der Waals surface area contributed by atoms with Crippen molar-refractivity contribution in [3.05, 3.63) is 58.1 Å². The predicted octanol–water partition coefficient (Wildman–Crippen LogP) is -2.70. The van der Waals surface area contributed by atoms with Crippen molar-refractivity contribution in [3.63, 3.8) is 0 Å². The maximum atomic E-state index is 13.1. The minimum atomic E-state index is -1.86. The summed E-state index contributed by atoms with van der Waals surface area (Å²) in [6.07, 6.45) is -14.5. The van der Waals surface area contributed by atoms with Gasteiger partial charge in [-0.15, -0.1) is 0 Å². The molecule has 14 nitrogen and oxygen atoms in total. The number of rotatable bonds is 6. The zero-order valence-corrected chi connectivity index (χ0v) is 20.7. The Labute approximate surface area is 226 Å². The van der Waals surface area contributed by atoms with Crippen LogP contribution in [0, 0.1) is 0 Å². The molecule has 14 heteroatoms. The molecule has 0 bridgehead atoms. The highest BCUT2D eigenvalue weighted by Gasteiger charge is 2.47. The molecule has 0 amide bonds. The number of aliphatic hydroxyl groups excluding tert-OH is 7. The zero-order chi connectivity index (χ0) is 28.9. The van der Waals surface area contributed by atoms with Crippen LogP contribution in [0.5, 0.6) is 11.5 Å². The summed E-state index contributed by atoms with van der Waals surface area (Å²) in [5.74, 6) is -2.29. The average Bonchev–Trinajstić information content (AvgIpc) is 2.95. The van der Waals surface area contributed by atoms with Crippen LogP contribution in [0.4, 0.5) is 0 Å². The molecule has 2 saturated heterocycles. The van der Waals surface area contributed by atoms with Gasteiger partial charge in [0.25, 0.3) is 0 Å². The van der Waals surface area contributed by atoms with Crippen LogP contribution in [-0.2, 0) is 20.8 Å². The van der Waals surface area contributed by atoms with E-state index in [0.717, 1.165) is 6.07 Å². The third-order valence-electron chi connectivity index (χ3n) is 7.20. The number of ketones is 2. The monoisotopic (exact) mass is 564 g/mol. The Kier molecular flexibility index (Phi) is 7.91. The van der Waals surface area contributed by atoms with Crippen molar-refractivity contribution in [2.75, 3.05) is 13.2 Å². The minimum absolute atomic E-state index is 0.0768. The molecule has 2 fully saturated rings. The Balaban J connectivity index is 1.39. The van der Waals surface area contributed by atoms with E-state index >= 15 is 0 Å². The van der Waals surface area contributed by atoms with Gasteiger partial charge in [-0.05, 0) is 6.07 Å². The highest BCUT2D eigenvalue weighted by atomic mass is 16.7. The van der Waals surface area contributed by atoms with Crippen molar-refractivity contribution in [1.82, 2.24) is 0 Å². The Bertz CT molecular complexity index is 1300. The zero-order valence-electron chi connectivity index (χ0n) is 20.7. The molecule has 2 aliphatic heterocycles. The molecule has 2 aromatic carbocycles. The number of phenols is 1. The van der Waals surface area contributed by atoms with E-state index in [9.17, 15) is 50.4 Å². The SMILES string of the molecule is O=C1c2ccccc2C(=O)c2c1cc(O[C@H]1O[C@H](CO[C@@H]3OC[C@@H](O)[C@H](O)[C@H]3O)[C@@H](O)[C@H](O)[C@H]1O)c(CO)c2O. The normalized spacial score (nSPS) is 33.8. The molecule has 2 heterocycles. The highest BCUT2D eigenvalue weighted by Crippen LogP contribution is 2.41. The molecule has 0 spiro atoms. The lowest BCUT2D eigenvalue weighted by Gasteiger charge is -2.41. The number of hydrogen-bond donors (Lipinski definition) is 8. The number of aliphatic hydroxyl groups is 7. The fourth-order valence-corrected chi connectivity index (χ4v) is 4.90. The van der Waals surface area contributed by atoms with E-state index in [2.05, 4.69) is 0 Å². The summed E-state index contributed by atoms with van der Waals surface area (Å²) in [5, 5.41) is 81.6. The van der Waals surface area contributed by atoms with E-state index in [0.29, 0.717) is 0 Å². The number of fused-ring (bicyclic) bond motifs is 2. The van der Waals surface area contributed by atoms with Gasteiger partial charge in [0, 0.05) is 16.7 Å². The first kappa shape index (κ1) is 28.5. The van der Waals surface area contributed by atoms with Gasteiger partial charge >= 0.3 is 0 Å². The first-order valence-electron chi connectivity index (χ1n) is 12.4. The molecule has 5 rings (SSSR count). The molecule has 0 saturated carbocycles. The smallest absolute Gasteiger partial charge is 0.229 e. The molecule has 2 aromatic rings. The van der Waals surface area contributed by atoms with Crippen molar-refractivity contribution in [3.8, 4) is 11.5 Å². The lowest BCUT2D eigenvalue weighted by molar-refractivity contribution is -0.307. The van der Waals surface area contributed by atoms with Crippen molar-refractivity contribution in [1.29, 1.82) is 0 Å². The molecule has 0 unspecified atom stereocenters. The second kappa shape index (κ2) is 11.1. The van der Waals surface area contributed by atoms with E-state index in [-0.39, 0.29) is 40.2 Å². The molecule has 40 heavy (non-hydrogen) atoms. The van der Waals surface area contributed by atoms with Gasteiger partial charge in [-0.3, -0.25) is 9.59 Å². The highest BCUT2D eigenvalue weighted by molar-refractivity contribution is 6.29. The Hall–Kier alpha value is -3.02. The van der Waals surface area contributed by atoms with E-state index in [4.69, 9.17) is 18.9 Å². The van der Waals surface area contributed by atoms with Crippen molar-refractivity contribution in [2.24, 2.45) is 0 Å². The van der Waals surface area contributed by atoms with Gasteiger partial charge in [-0.25, -0.2) is 0 Å². The standard InChI is InChI=1S/C26H28O14/c27-6-12-14(5-11-16(19(12)31)18(30)10-4-2-1-3-9(10)17(11)29)39-26-24(36)22(34)21(33)15(40-26)8-38-25-23(35)20(32)13(28)7-37-25/h1-5,13,15,20-28,31-36H,6-8H2/t13-,15-,20+,21-,22+,23-,24-,25+,26+/m1/s1. The molecule has 9 atom stereocenters. The second-order valence-corrected chi connectivity index (χ2v) is 9.70.